The minimum atomic E-state index is 0.0457. The van der Waals surface area contributed by atoms with E-state index in [0.717, 1.165) is 57.7 Å². The number of aryl methyl sites for hydroxylation is 2. The van der Waals surface area contributed by atoms with Crippen molar-refractivity contribution < 1.29 is 4.79 Å². The summed E-state index contributed by atoms with van der Waals surface area (Å²) in [5.74, 6) is 0.0457. The Bertz CT molecular complexity index is 924. The fourth-order valence-electron chi connectivity index (χ4n) is 3.78. The lowest BCUT2D eigenvalue weighted by atomic mass is 9.89. The molecule has 0 saturated carbocycles. The van der Waals surface area contributed by atoms with Crippen molar-refractivity contribution in [2.45, 2.75) is 87.0 Å². The average molecular weight is 479 g/mol. The van der Waals surface area contributed by atoms with E-state index in [1.165, 1.54) is 32.1 Å². The number of unbranched alkanes of at least 4 members (excludes halogenated alkanes) is 4. The zero-order valence-electron chi connectivity index (χ0n) is 23.7. The number of rotatable bonds is 11. The number of carbonyl (C=O) groups is 1. The van der Waals surface area contributed by atoms with Crippen LogP contribution in [0, 0.1) is 20.8 Å². The molecule has 0 bridgehead atoms. The van der Waals surface area contributed by atoms with Gasteiger partial charge in [0.2, 0.25) is 0 Å². The number of carbonyl (C=O) groups excluding carboxylic acids is 1. The average Bonchev–Trinajstić information content (AvgIpc) is 2.85. The summed E-state index contributed by atoms with van der Waals surface area (Å²) in [6, 6.07) is 8.05. The van der Waals surface area contributed by atoms with Crippen LogP contribution in [-0.2, 0) is 0 Å². The molecule has 0 aromatic heterocycles. The predicted molar refractivity (Wildman–Crippen MR) is 159 cm³/mol. The summed E-state index contributed by atoms with van der Waals surface area (Å²) < 4.78 is 0. The molecule has 0 aliphatic rings. The van der Waals surface area contributed by atoms with Gasteiger partial charge in [0, 0.05) is 41.7 Å². The van der Waals surface area contributed by atoms with Crippen molar-refractivity contribution in [1.82, 2.24) is 0 Å². The van der Waals surface area contributed by atoms with Gasteiger partial charge < -0.3 is 10.6 Å². The van der Waals surface area contributed by atoms with E-state index < -0.39 is 0 Å². The molecule has 0 radical (unpaired) electrons. The molecule has 0 heterocycles. The Hall–Kier alpha value is -2.81. The van der Waals surface area contributed by atoms with Gasteiger partial charge in [0.05, 0.1) is 0 Å². The Balaban J connectivity index is 0.000000978. The third kappa shape index (κ3) is 10.1. The maximum Gasteiger partial charge on any atom is 0.196 e. The van der Waals surface area contributed by atoms with Crippen LogP contribution < -0.4 is 10.6 Å². The highest BCUT2D eigenvalue weighted by atomic mass is 16.1. The van der Waals surface area contributed by atoms with Crippen molar-refractivity contribution in [3.63, 3.8) is 0 Å². The molecule has 0 saturated heterocycles. The predicted octanol–water partition coefficient (Wildman–Crippen LogP) is 9.52. The molecular weight excluding hydrogens is 428 g/mol. The smallest absolute Gasteiger partial charge is 0.196 e. The molecule has 0 aliphatic heterocycles. The van der Waals surface area contributed by atoms with E-state index in [1.807, 2.05) is 52.9 Å². The number of benzene rings is 2. The van der Waals surface area contributed by atoms with Crippen LogP contribution in [0.3, 0.4) is 0 Å². The normalized spacial score (nSPS) is 9.71. The van der Waals surface area contributed by atoms with Gasteiger partial charge in [-0.25, -0.2) is 0 Å². The van der Waals surface area contributed by atoms with Crippen molar-refractivity contribution in [3.8, 4) is 0 Å². The van der Waals surface area contributed by atoms with E-state index in [0.29, 0.717) is 0 Å². The van der Waals surface area contributed by atoms with Crippen LogP contribution in [-0.4, -0.2) is 19.4 Å². The molecule has 2 N–H and O–H groups in total. The van der Waals surface area contributed by atoms with Crippen molar-refractivity contribution in [2.24, 2.45) is 0 Å². The number of allylic oxidation sites excluding steroid dienone is 1. The van der Waals surface area contributed by atoms with Crippen LogP contribution in [0.4, 0.5) is 11.4 Å². The van der Waals surface area contributed by atoms with Crippen molar-refractivity contribution in [1.29, 1.82) is 0 Å². The zero-order valence-corrected chi connectivity index (χ0v) is 23.7. The third-order valence-corrected chi connectivity index (χ3v) is 5.89. The van der Waals surface area contributed by atoms with Crippen LogP contribution >= 0.6 is 0 Å². The van der Waals surface area contributed by atoms with Crippen LogP contribution in [0.1, 0.15) is 104 Å². The zero-order chi connectivity index (χ0) is 26.8. The van der Waals surface area contributed by atoms with E-state index in [-0.39, 0.29) is 5.78 Å². The summed E-state index contributed by atoms with van der Waals surface area (Å²) in [6.07, 6.45) is 11.5. The lowest BCUT2D eigenvalue weighted by molar-refractivity contribution is 0.103. The summed E-state index contributed by atoms with van der Waals surface area (Å²) in [5.41, 5.74) is 7.25. The summed E-state index contributed by atoms with van der Waals surface area (Å²) >= 11 is 0. The SMILES string of the molecule is C=CC.C=Cc1c(NC)ccc(C)c1C(=O)c1c(NCCC)ccc(C)c1C.CCCCCCC. The largest absolute Gasteiger partial charge is 0.388 e. The van der Waals surface area contributed by atoms with Crippen molar-refractivity contribution in [2.75, 3.05) is 24.2 Å². The molecule has 0 fully saturated rings. The molecule has 0 aliphatic carbocycles. The highest BCUT2D eigenvalue weighted by Gasteiger charge is 2.22. The van der Waals surface area contributed by atoms with Crippen molar-refractivity contribution >= 4 is 23.2 Å². The number of ketones is 1. The van der Waals surface area contributed by atoms with Gasteiger partial charge in [-0.05, 0) is 62.9 Å². The van der Waals surface area contributed by atoms with E-state index in [2.05, 4.69) is 50.6 Å². The lowest BCUT2D eigenvalue weighted by Crippen LogP contribution is -2.14. The van der Waals surface area contributed by atoms with Crippen LogP contribution in [0.25, 0.3) is 6.08 Å². The number of nitrogens with one attached hydrogen (secondary N) is 2. The Morgan fingerprint density at radius 3 is 1.86 bits per heavy atom. The van der Waals surface area contributed by atoms with Gasteiger partial charge in [-0.3, -0.25) is 4.79 Å². The molecule has 2 rings (SSSR count). The highest BCUT2D eigenvalue weighted by molar-refractivity contribution is 6.16. The minimum Gasteiger partial charge on any atom is -0.388 e. The maximum atomic E-state index is 13.6. The Labute approximate surface area is 216 Å². The maximum absolute atomic E-state index is 13.6. The Morgan fingerprint density at radius 1 is 0.829 bits per heavy atom. The summed E-state index contributed by atoms with van der Waals surface area (Å²) in [5, 5.41) is 6.56. The van der Waals surface area contributed by atoms with Gasteiger partial charge in [0.15, 0.2) is 5.78 Å². The van der Waals surface area contributed by atoms with Crippen molar-refractivity contribution in [3.05, 3.63) is 76.9 Å². The molecule has 0 spiro atoms. The van der Waals surface area contributed by atoms with E-state index >= 15 is 0 Å². The Kier molecular flexibility index (Phi) is 17.0. The van der Waals surface area contributed by atoms with E-state index in [4.69, 9.17) is 0 Å². The molecule has 0 atom stereocenters. The van der Waals surface area contributed by atoms with Crippen LogP contribution in [0.5, 0.6) is 0 Å². The molecule has 3 heteroatoms. The quantitative estimate of drug-likeness (QED) is 0.192. The standard InChI is InChI=1S/C22H28N2O.C7H16.C3H6/c1-7-13-24-19-12-9-14(3)16(5)21(19)22(25)20-15(4)10-11-18(23-6)17(20)8-2;1-3-5-7-6-4-2;1-3-2/h8-12,23-24H,2,7,13H2,1,3-6H3;3-7H2,1-2H3;3H,1H2,2H3. The molecule has 35 heavy (non-hydrogen) atoms. The highest BCUT2D eigenvalue weighted by Crippen LogP contribution is 2.31. The number of anilines is 2. The Morgan fingerprint density at radius 2 is 1.37 bits per heavy atom. The first kappa shape index (κ1) is 32.2. The lowest BCUT2D eigenvalue weighted by Gasteiger charge is -2.19. The molecule has 194 valence electrons. The van der Waals surface area contributed by atoms with Gasteiger partial charge in [0.1, 0.15) is 0 Å². The van der Waals surface area contributed by atoms with Gasteiger partial charge in [-0.2, -0.15) is 0 Å². The first-order valence-electron chi connectivity index (χ1n) is 13.2. The molecule has 2 aromatic carbocycles. The summed E-state index contributed by atoms with van der Waals surface area (Å²) in [6.45, 7) is 22.7. The van der Waals surface area contributed by atoms with E-state index in [1.54, 1.807) is 12.2 Å². The molecule has 0 unspecified atom stereocenters. The van der Waals surface area contributed by atoms with Gasteiger partial charge >= 0.3 is 0 Å². The minimum absolute atomic E-state index is 0.0457. The molecule has 2 aromatic rings. The van der Waals surface area contributed by atoms with Gasteiger partial charge in [-0.15, -0.1) is 6.58 Å². The second-order valence-corrected chi connectivity index (χ2v) is 8.83. The topological polar surface area (TPSA) is 41.1 Å². The monoisotopic (exact) mass is 478 g/mol. The molecule has 3 nitrogen and oxygen atoms in total. The third-order valence-electron chi connectivity index (χ3n) is 5.89. The summed E-state index contributed by atoms with van der Waals surface area (Å²) in [4.78, 5) is 13.6. The second kappa shape index (κ2) is 18.5. The molecule has 0 amide bonds. The molecular formula is C32H50N2O. The van der Waals surface area contributed by atoms with Crippen LogP contribution in [0.15, 0.2) is 43.5 Å². The van der Waals surface area contributed by atoms with Gasteiger partial charge in [-0.1, -0.05) is 83.7 Å². The summed E-state index contributed by atoms with van der Waals surface area (Å²) in [7, 11) is 1.86. The number of hydrogen-bond acceptors (Lipinski definition) is 3. The fraction of sp³-hybridized carbons (Fsp3) is 0.469. The fourth-order valence-corrected chi connectivity index (χ4v) is 3.78. The first-order valence-corrected chi connectivity index (χ1v) is 13.2. The number of hydrogen-bond donors (Lipinski definition) is 2. The van der Waals surface area contributed by atoms with E-state index in [9.17, 15) is 4.79 Å². The van der Waals surface area contributed by atoms with Gasteiger partial charge in [0.25, 0.3) is 0 Å². The second-order valence-electron chi connectivity index (χ2n) is 8.83. The first-order chi connectivity index (χ1) is 16.8. The van der Waals surface area contributed by atoms with Crippen LogP contribution in [0.2, 0.25) is 0 Å².